The quantitative estimate of drug-likeness (QED) is 0.0438. The molecule has 3 heteroatoms. The minimum Gasteiger partial charge on any atom is -0.466 e. The molecule has 0 fully saturated rings. The zero-order valence-corrected chi connectivity index (χ0v) is 29.5. The van der Waals surface area contributed by atoms with Crippen molar-refractivity contribution >= 4 is 5.97 Å². The van der Waals surface area contributed by atoms with Crippen LogP contribution < -0.4 is 0 Å². The highest BCUT2D eigenvalue weighted by molar-refractivity contribution is 5.69. The Kier molecular flexibility index (Phi) is 36.6. The molecule has 0 spiro atoms. The summed E-state index contributed by atoms with van der Waals surface area (Å²) in [6.07, 6.45) is 46.0. The third kappa shape index (κ3) is 37.3. The first kappa shape index (κ1) is 42.2. The molecule has 3 nitrogen and oxygen atoms in total. The van der Waals surface area contributed by atoms with Crippen LogP contribution in [0.15, 0.2) is 12.2 Å². The molecule has 0 aromatic rings. The maximum Gasteiger partial charge on any atom is 0.305 e. The number of rotatable bonds is 36. The minimum atomic E-state index is -0.165. The number of unbranched alkanes of at least 4 members (excludes halogenated alkanes) is 27. The first-order chi connectivity index (χ1) is 21.2. The van der Waals surface area contributed by atoms with Crippen LogP contribution in [0.1, 0.15) is 226 Å². The summed E-state index contributed by atoms with van der Waals surface area (Å²) in [4.78, 5) is 12.0. The van der Waals surface area contributed by atoms with E-state index >= 15 is 0 Å². The van der Waals surface area contributed by atoms with Gasteiger partial charge < -0.3 is 9.84 Å². The van der Waals surface area contributed by atoms with Gasteiger partial charge in [0.15, 0.2) is 0 Å². The molecule has 0 bridgehead atoms. The van der Waals surface area contributed by atoms with E-state index in [9.17, 15) is 9.90 Å². The summed E-state index contributed by atoms with van der Waals surface area (Å²) >= 11 is 0. The average molecular weight is 607 g/mol. The van der Waals surface area contributed by atoms with Gasteiger partial charge in [-0.15, -0.1) is 0 Å². The number of allylic oxidation sites excluding steroid dienone is 1. The molecule has 0 saturated heterocycles. The second-order valence-electron chi connectivity index (χ2n) is 13.5. The first-order valence-electron chi connectivity index (χ1n) is 19.7. The monoisotopic (exact) mass is 607 g/mol. The third-order valence-corrected chi connectivity index (χ3v) is 8.98. The van der Waals surface area contributed by atoms with Gasteiger partial charge in [0.05, 0.1) is 12.7 Å². The fraction of sp³-hybridized carbons (Fsp3) is 0.925. The normalized spacial score (nSPS) is 12.3. The summed E-state index contributed by atoms with van der Waals surface area (Å²) in [7, 11) is 0. The Balaban J connectivity index is 3.22. The van der Waals surface area contributed by atoms with Crippen molar-refractivity contribution in [2.45, 2.75) is 232 Å². The van der Waals surface area contributed by atoms with Crippen molar-refractivity contribution in [3.63, 3.8) is 0 Å². The van der Waals surface area contributed by atoms with Crippen LogP contribution in [0, 0.1) is 0 Å². The highest BCUT2D eigenvalue weighted by Gasteiger charge is 2.03. The minimum absolute atomic E-state index is 0.00556. The summed E-state index contributed by atoms with van der Waals surface area (Å²) in [5.74, 6) is -0.00556. The summed E-state index contributed by atoms with van der Waals surface area (Å²) in [5, 5.41) is 9.99. The lowest BCUT2D eigenvalue weighted by atomic mass is 10.0. The molecule has 1 atom stereocenters. The van der Waals surface area contributed by atoms with Crippen molar-refractivity contribution in [1.29, 1.82) is 0 Å². The standard InChI is InChI=1S/C40H78O3/c1-3-5-7-9-10-11-12-13-14-15-16-17-18-19-20-21-24-27-30-34-38-43-40(42)37-33-29-26-23-22-25-28-32-36-39(41)35-31-8-6-4-2/h28,32,39,41H,3-27,29-31,33-38H2,1-2H3/t39-/m1/s1. The van der Waals surface area contributed by atoms with Gasteiger partial charge in [0.25, 0.3) is 0 Å². The Labute approximate surface area is 270 Å². The van der Waals surface area contributed by atoms with E-state index in [0.29, 0.717) is 13.0 Å². The Morgan fingerprint density at radius 3 is 1.40 bits per heavy atom. The summed E-state index contributed by atoms with van der Waals surface area (Å²) in [5.41, 5.74) is 0. The molecule has 0 aromatic carbocycles. The van der Waals surface area contributed by atoms with E-state index in [-0.39, 0.29) is 12.1 Å². The van der Waals surface area contributed by atoms with E-state index in [2.05, 4.69) is 26.0 Å². The van der Waals surface area contributed by atoms with Gasteiger partial charge in [-0.2, -0.15) is 0 Å². The highest BCUT2D eigenvalue weighted by atomic mass is 16.5. The number of esters is 1. The molecule has 0 radical (unpaired) electrons. The zero-order chi connectivity index (χ0) is 31.3. The van der Waals surface area contributed by atoms with Gasteiger partial charge in [0.2, 0.25) is 0 Å². The Hall–Kier alpha value is -0.830. The Bertz CT molecular complexity index is 558. The van der Waals surface area contributed by atoms with E-state index < -0.39 is 0 Å². The second kappa shape index (κ2) is 37.4. The van der Waals surface area contributed by atoms with Crippen LogP contribution in [0.25, 0.3) is 0 Å². The summed E-state index contributed by atoms with van der Waals surface area (Å²) in [6.45, 7) is 5.12. The number of ether oxygens (including phenoxy) is 1. The number of hydrogen-bond donors (Lipinski definition) is 1. The zero-order valence-electron chi connectivity index (χ0n) is 29.5. The summed E-state index contributed by atoms with van der Waals surface area (Å²) < 4.78 is 5.44. The molecule has 0 rings (SSSR count). The van der Waals surface area contributed by atoms with Gasteiger partial charge in [0, 0.05) is 6.42 Å². The number of aliphatic hydroxyl groups excluding tert-OH is 1. The van der Waals surface area contributed by atoms with Gasteiger partial charge in [-0.05, 0) is 38.5 Å². The van der Waals surface area contributed by atoms with Crippen LogP contribution in [-0.4, -0.2) is 23.8 Å². The third-order valence-electron chi connectivity index (χ3n) is 8.98. The van der Waals surface area contributed by atoms with E-state index in [4.69, 9.17) is 4.74 Å². The first-order valence-corrected chi connectivity index (χ1v) is 19.7. The SMILES string of the molecule is CCCCCCCCCCCCCCCCCCCCCCOC(=O)CCCCCCCC=CC[C@H](O)CCCCCC. The molecule has 43 heavy (non-hydrogen) atoms. The number of carbonyl (C=O) groups excluding carboxylic acids is 1. The topological polar surface area (TPSA) is 46.5 Å². The Morgan fingerprint density at radius 1 is 0.512 bits per heavy atom. The summed E-state index contributed by atoms with van der Waals surface area (Å²) in [6, 6.07) is 0. The van der Waals surface area contributed by atoms with Gasteiger partial charge in [-0.25, -0.2) is 0 Å². The van der Waals surface area contributed by atoms with E-state index in [1.54, 1.807) is 0 Å². The molecular weight excluding hydrogens is 528 g/mol. The van der Waals surface area contributed by atoms with Gasteiger partial charge in [-0.1, -0.05) is 193 Å². The molecule has 0 heterocycles. The van der Waals surface area contributed by atoms with Crippen molar-refractivity contribution in [2.75, 3.05) is 6.61 Å². The van der Waals surface area contributed by atoms with Crippen molar-refractivity contribution in [2.24, 2.45) is 0 Å². The van der Waals surface area contributed by atoms with E-state index in [1.807, 2.05) is 0 Å². The van der Waals surface area contributed by atoms with Gasteiger partial charge >= 0.3 is 5.97 Å². The fourth-order valence-electron chi connectivity index (χ4n) is 5.97. The molecule has 0 aliphatic rings. The van der Waals surface area contributed by atoms with Crippen molar-refractivity contribution in [3.05, 3.63) is 12.2 Å². The molecule has 0 aromatic heterocycles. The lowest BCUT2D eigenvalue weighted by Gasteiger charge is -2.07. The van der Waals surface area contributed by atoms with Gasteiger partial charge in [-0.3, -0.25) is 4.79 Å². The van der Waals surface area contributed by atoms with Crippen LogP contribution >= 0.6 is 0 Å². The maximum atomic E-state index is 12.0. The average Bonchev–Trinajstić information content (AvgIpc) is 3.01. The van der Waals surface area contributed by atoms with Crippen LogP contribution in [-0.2, 0) is 9.53 Å². The van der Waals surface area contributed by atoms with Crippen LogP contribution in [0.5, 0.6) is 0 Å². The van der Waals surface area contributed by atoms with Crippen molar-refractivity contribution < 1.29 is 14.6 Å². The predicted molar refractivity (Wildman–Crippen MR) is 190 cm³/mol. The smallest absolute Gasteiger partial charge is 0.305 e. The molecular formula is C40H78O3. The van der Waals surface area contributed by atoms with Gasteiger partial charge in [0.1, 0.15) is 0 Å². The fourth-order valence-corrected chi connectivity index (χ4v) is 5.97. The van der Waals surface area contributed by atoms with Crippen LogP contribution in [0.3, 0.4) is 0 Å². The lowest BCUT2D eigenvalue weighted by Crippen LogP contribution is -2.05. The molecule has 0 amide bonds. The number of carbonyl (C=O) groups is 1. The molecule has 0 saturated carbocycles. The lowest BCUT2D eigenvalue weighted by molar-refractivity contribution is -0.143. The second-order valence-corrected chi connectivity index (χ2v) is 13.5. The molecule has 0 aliphatic heterocycles. The highest BCUT2D eigenvalue weighted by Crippen LogP contribution is 2.15. The van der Waals surface area contributed by atoms with Crippen molar-refractivity contribution in [3.8, 4) is 0 Å². The molecule has 1 N–H and O–H groups in total. The van der Waals surface area contributed by atoms with Crippen LogP contribution in [0.2, 0.25) is 0 Å². The molecule has 0 unspecified atom stereocenters. The predicted octanol–water partition coefficient (Wildman–Crippen LogP) is 13.4. The van der Waals surface area contributed by atoms with E-state index in [1.165, 1.54) is 161 Å². The van der Waals surface area contributed by atoms with Crippen LogP contribution in [0.4, 0.5) is 0 Å². The number of aliphatic hydroxyl groups is 1. The number of hydrogen-bond acceptors (Lipinski definition) is 3. The largest absolute Gasteiger partial charge is 0.466 e. The Morgan fingerprint density at radius 2 is 0.907 bits per heavy atom. The van der Waals surface area contributed by atoms with Crippen molar-refractivity contribution in [1.82, 2.24) is 0 Å². The molecule has 256 valence electrons. The maximum absolute atomic E-state index is 12.0. The van der Waals surface area contributed by atoms with E-state index in [0.717, 1.165) is 44.9 Å². The molecule has 0 aliphatic carbocycles.